The summed E-state index contributed by atoms with van der Waals surface area (Å²) in [6, 6.07) is 3.79. The van der Waals surface area contributed by atoms with E-state index in [1.807, 2.05) is 19.1 Å². The Balaban J connectivity index is 2.02. The first-order chi connectivity index (χ1) is 8.18. The lowest BCUT2D eigenvalue weighted by molar-refractivity contribution is -0.0730. The molecule has 3 nitrogen and oxygen atoms in total. The molecule has 1 aromatic rings. The molecule has 1 fully saturated rings. The average molecular weight is 237 g/mol. The zero-order valence-corrected chi connectivity index (χ0v) is 10.8. The van der Waals surface area contributed by atoms with Gasteiger partial charge in [0.25, 0.3) is 0 Å². The predicted molar refractivity (Wildman–Crippen MR) is 67.6 cm³/mol. The summed E-state index contributed by atoms with van der Waals surface area (Å²) in [5, 5.41) is 0. The lowest BCUT2D eigenvalue weighted by Crippen LogP contribution is -2.34. The standard InChI is InChI=1S/C14H23NO2/c1-10-6-3-4-7-12(10)17-14(11(2)15)13-8-5-9-16-13/h5,8-12,14H,3-4,6-7,15H2,1-2H3. The molecule has 3 heteroatoms. The molecule has 2 N–H and O–H groups in total. The second-order valence-corrected chi connectivity index (χ2v) is 5.23. The Morgan fingerprint density at radius 2 is 2.18 bits per heavy atom. The highest BCUT2D eigenvalue weighted by Gasteiger charge is 2.28. The Bertz CT molecular complexity index is 321. The van der Waals surface area contributed by atoms with Gasteiger partial charge in [0.15, 0.2) is 0 Å². The molecule has 0 aliphatic heterocycles. The molecule has 4 atom stereocenters. The van der Waals surface area contributed by atoms with Gasteiger partial charge < -0.3 is 14.9 Å². The highest BCUT2D eigenvalue weighted by molar-refractivity contribution is 5.04. The molecule has 17 heavy (non-hydrogen) atoms. The number of hydrogen-bond acceptors (Lipinski definition) is 3. The zero-order valence-electron chi connectivity index (χ0n) is 10.8. The first-order valence-electron chi connectivity index (χ1n) is 6.63. The van der Waals surface area contributed by atoms with Crippen LogP contribution in [0.25, 0.3) is 0 Å². The number of nitrogens with two attached hydrogens (primary N) is 1. The molecule has 0 amide bonds. The third-order valence-electron chi connectivity index (χ3n) is 3.66. The van der Waals surface area contributed by atoms with Crippen molar-refractivity contribution in [3.63, 3.8) is 0 Å². The first-order valence-corrected chi connectivity index (χ1v) is 6.63. The fourth-order valence-electron chi connectivity index (χ4n) is 2.58. The maximum Gasteiger partial charge on any atom is 0.134 e. The van der Waals surface area contributed by atoms with Crippen molar-refractivity contribution < 1.29 is 9.15 Å². The van der Waals surface area contributed by atoms with E-state index in [9.17, 15) is 0 Å². The Labute approximate surface area is 103 Å². The van der Waals surface area contributed by atoms with E-state index in [1.54, 1.807) is 6.26 Å². The fourth-order valence-corrected chi connectivity index (χ4v) is 2.58. The number of hydrogen-bond donors (Lipinski definition) is 1. The first kappa shape index (κ1) is 12.7. The second-order valence-electron chi connectivity index (χ2n) is 5.23. The van der Waals surface area contributed by atoms with Crippen molar-refractivity contribution in [2.24, 2.45) is 11.7 Å². The molecule has 4 unspecified atom stereocenters. The van der Waals surface area contributed by atoms with Crippen LogP contribution in [0.15, 0.2) is 22.8 Å². The monoisotopic (exact) mass is 237 g/mol. The van der Waals surface area contributed by atoms with Gasteiger partial charge in [-0.3, -0.25) is 0 Å². The Morgan fingerprint density at radius 1 is 1.41 bits per heavy atom. The zero-order chi connectivity index (χ0) is 12.3. The van der Waals surface area contributed by atoms with Crippen molar-refractivity contribution >= 4 is 0 Å². The van der Waals surface area contributed by atoms with E-state index in [0.717, 1.165) is 12.2 Å². The van der Waals surface area contributed by atoms with E-state index in [4.69, 9.17) is 14.9 Å². The van der Waals surface area contributed by atoms with Crippen LogP contribution < -0.4 is 5.73 Å². The molecule has 1 aliphatic rings. The number of furan rings is 1. The third-order valence-corrected chi connectivity index (χ3v) is 3.66. The van der Waals surface area contributed by atoms with E-state index in [1.165, 1.54) is 19.3 Å². The van der Waals surface area contributed by atoms with Crippen molar-refractivity contribution in [1.29, 1.82) is 0 Å². The molecule has 1 heterocycles. The Hall–Kier alpha value is -0.800. The minimum atomic E-state index is -0.115. The Kier molecular flexibility index (Phi) is 4.24. The summed E-state index contributed by atoms with van der Waals surface area (Å²) in [6.45, 7) is 4.24. The normalized spacial score (nSPS) is 28.9. The second kappa shape index (κ2) is 5.69. The van der Waals surface area contributed by atoms with E-state index in [2.05, 4.69) is 6.92 Å². The predicted octanol–water partition coefficient (Wildman–Crippen LogP) is 3.26. The molecular formula is C14H23NO2. The fraction of sp³-hybridized carbons (Fsp3) is 0.714. The maximum absolute atomic E-state index is 6.19. The molecule has 1 aromatic heterocycles. The van der Waals surface area contributed by atoms with Crippen LogP contribution in [0, 0.1) is 5.92 Å². The Morgan fingerprint density at radius 3 is 2.76 bits per heavy atom. The van der Waals surface area contributed by atoms with Crippen LogP contribution in [-0.2, 0) is 4.74 Å². The molecule has 2 rings (SSSR count). The summed E-state index contributed by atoms with van der Waals surface area (Å²) in [7, 11) is 0. The van der Waals surface area contributed by atoms with Crippen LogP contribution in [0.5, 0.6) is 0 Å². The molecule has 1 saturated carbocycles. The van der Waals surface area contributed by atoms with Crippen LogP contribution in [0.4, 0.5) is 0 Å². The van der Waals surface area contributed by atoms with Gasteiger partial charge >= 0.3 is 0 Å². The van der Waals surface area contributed by atoms with Crippen LogP contribution >= 0.6 is 0 Å². The van der Waals surface area contributed by atoms with Gasteiger partial charge in [-0.15, -0.1) is 0 Å². The summed E-state index contributed by atoms with van der Waals surface area (Å²) >= 11 is 0. The summed E-state index contributed by atoms with van der Waals surface area (Å²) in [4.78, 5) is 0. The van der Waals surface area contributed by atoms with Gasteiger partial charge in [-0.2, -0.15) is 0 Å². The minimum absolute atomic E-state index is 0.0460. The van der Waals surface area contributed by atoms with Gasteiger partial charge in [0.05, 0.1) is 12.4 Å². The van der Waals surface area contributed by atoms with Gasteiger partial charge in [0.1, 0.15) is 11.9 Å². The van der Waals surface area contributed by atoms with Crippen molar-refractivity contribution in [3.8, 4) is 0 Å². The van der Waals surface area contributed by atoms with E-state index in [-0.39, 0.29) is 12.1 Å². The van der Waals surface area contributed by atoms with E-state index >= 15 is 0 Å². The smallest absolute Gasteiger partial charge is 0.134 e. The summed E-state index contributed by atoms with van der Waals surface area (Å²) in [5.74, 6) is 1.47. The molecule has 0 radical (unpaired) electrons. The highest BCUT2D eigenvalue weighted by atomic mass is 16.5. The minimum Gasteiger partial charge on any atom is -0.467 e. The molecule has 96 valence electrons. The summed E-state index contributed by atoms with van der Waals surface area (Å²) < 4.78 is 11.6. The topological polar surface area (TPSA) is 48.4 Å². The van der Waals surface area contributed by atoms with Crippen molar-refractivity contribution in [3.05, 3.63) is 24.2 Å². The summed E-state index contributed by atoms with van der Waals surface area (Å²) in [6.07, 6.45) is 6.88. The van der Waals surface area contributed by atoms with Crippen molar-refractivity contribution in [2.45, 2.75) is 57.8 Å². The van der Waals surface area contributed by atoms with Gasteiger partial charge in [-0.05, 0) is 37.8 Å². The largest absolute Gasteiger partial charge is 0.467 e. The SMILES string of the molecule is CC(N)C(OC1CCCCC1C)c1ccco1. The lowest BCUT2D eigenvalue weighted by atomic mass is 9.87. The lowest BCUT2D eigenvalue weighted by Gasteiger charge is -2.33. The maximum atomic E-state index is 6.19. The van der Waals surface area contributed by atoms with Crippen LogP contribution in [0.1, 0.15) is 51.4 Å². The quantitative estimate of drug-likeness (QED) is 0.874. The van der Waals surface area contributed by atoms with Crippen molar-refractivity contribution in [1.82, 2.24) is 0 Å². The van der Waals surface area contributed by atoms with Gasteiger partial charge in [-0.1, -0.05) is 19.8 Å². The summed E-state index contributed by atoms with van der Waals surface area (Å²) in [5.41, 5.74) is 6.01. The average Bonchev–Trinajstić information content (AvgIpc) is 2.81. The molecule has 0 saturated heterocycles. The van der Waals surface area contributed by atoms with Crippen molar-refractivity contribution in [2.75, 3.05) is 0 Å². The van der Waals surface area contributed by atoms with Gasteiger partial charge in [0, 0.05) is 6.04 Å². The van der Waals surface area contributed by atoms with Gasteiger partial charge in [0.2, 0.25) is 0 Å². The number of ether oxygens (including phenoxy) is 1. The highest BCUT2D eigenvalue weighted by Crippen LogP contribution is 2.32. The molecule has 1 aliphatic carbocycles. The molecule has 0 spiro atoms. The van der Waals surface area contributed by atoms with E-state index in [0.29, 0.717) is 12.0 Å². The van der Waals surface area contributed by atoms with Gasteiger partial charge in [-0.25, -0.2) is 0 Å². The van der Waals surface area contributed by atoms with E-state index < -0.39 is 0 Å². The number of rotatable bonds is 4. The van der Waals surface area contributed by atoms with Crippen LogP contribution in [0.2, 0.25) is 0 Å². The molecule has 0 bridgehead atoms. The van der Waals surface area contributed by atoms with Crippen LogP contribution in [-0.4, -0.2) is 12.1 Å². The van der Waals surface area contributed by atoms with Crippen LogP contribution in [0.3, 0.4) is 0 Å². The molecular weight excluding hydrogens is 214 g/mol. The third kappa shape index (κ3) is 3.11. The molecule has 0 aromatic carbocycles.